The Labute approximate surface area is 61.3 Å². The van der Waals surface area contributed by atoms with Crippen LogP contribution in [0.15, 0.2) is 0 Å². The Bertz CT molecular complexity index is 97.0. The summed E-state index contributed by atoms with van der Waals surface area (Å²) < 4.78 is 9.56. The van der Waals surface area contributed by atoms with E-state index >= 15 is 0 Å². The van der Waals surface area contributed by atoms with Crippen LogP contribution in [0.1, 0.15) is 20.3 Å². The summed E-state index contributed by atoms with van der Waals surface area (Å²) in [5.74, 6) is -0.271. The van der Waals surface area contributed by atoms with E-state index in [1.165, 1.54) is 7.11 Å². The molecular weight excluding hydrogens is 132 g/mol. The van der Waals surface area contributed by atoms with E-state index in [2.05, 4.69) is 0 Å². The second kappa shape index (κ2) is 5.23. The Morgan fingerprint density at radius 1 is 1.50 bits per heavy atom. The number of carbonyl (C=O) groups excluding carboxylic acids is 1. The first kappa shape index (κ1) is 9.43. The van der Waals surface area contributed by atoms with Gasteiger partial charge in [-0.15, -0.1) is 0 Å². The molecule has 0 rings (SSSR count). The van der Waals surface area contributed by atoms with Crippen molar-refractivity contribution in [2.24, 2.45) is 0 Å². The van der Waals surface area contributed by atoms with E-state index in [1.807, 2.05) is 6.92 Å². The molecule has 0 aromatic carbocycles. The van der Waals surface area contributed by atoms with Crippen LogP contribution in [-0.4, -0.2) is 25.8 Å². The molecule has 0 heterocycles. The van der Waals surface area contributed by atoms with Gasteiger partial charge in [0.25, 0.3) is 0 Å². The molecule has 60 valence electrons. The zero-order chi connectivity index (χ0) is 7.98. The average Bonchev–Trinajstić information content (AvgIpc) is 1.91. The summed E-state index contributed by atoms with van der Waals surface area (Å²) in [4.78, 5) is 10.9. The summed E-state index contributed by atoms with van der Waals surface area (Å²) in [7, 11) is 1.51. The van der Waals surface area contributed by atoms with Gasteiger partial charge < -0.3 is 9.47 Å². The van der Waals surface area contributed by atoms with E-state index in [1.54, 1.807) is 6.92 Å². The monoisotopic (exact) mass is 146 g/mol. The van der Waals surface area contributed by atoms with E-state index < -0.39 is 0 Å². The number of carbonyl (C=O) groups is 1. The zero-order valence-corrected chi connectivity index (χ0v) is 6.72. The van der Waals surface area contributed by atoms with Gasteiger partial charge in [0.1, 0.15) is 0 Å². The van der Waals surface area contributed by atoms with Crippen molar-refractivity contribution >= 4 is 5.97 Å². The lowest BCUT2D eigenvalue weighted by Crippen LogP contribution is -2.24. The highest BCUT2D eigenvalue weighted by Gasteiger charge is 2.15. The molecule has 0 aliphatic heterocycles. The van der Waals surface area contributed by atoms with Gasteiger partial charge in [-0.2, -0.15) is 0 Å². The summed E-state index contributed by atoms with van der Waals surface area (Å²) in [5.41, 5.74) is 0. The minimum atomic E-state index is -0.389. The standard InChI is InChI=1S/C7H14O3/c1-4-6(9-3)7(8)10-5-2/h6H,4-5H2,1-3H3. The Kier molecular flexibility index (Phi) is 4.94. The SMILES string of the molecule is CCOC(=O)C(CC)OC. The van der Waals surface area contributed by atoms with Gasteiger partial charge >= 0.3 is 5.97 Å². The molecule has 0 aromatic heterocycles. The van der Waals surface area contributed by atoms with Gasteiger partial charge in [-0.3, -0.25) is 0 Å². The van der Waals surface area contributed by atoms with E-state index in [-0.39, 0.29) is 12.1 Å². The van der Waals surface area contributed by atoms with Gasteiger partial charge in [-0.25, -0.2) is 4.79 Å². The molecule has 0 aliphatic rings. The van der Waals surface area contributed by atoms with Crippen LogP contribution in [-0.2, 0) is 14.3 Å². The Morgan fingerprint density at radius 2 is 2.10 bits per heavy atom. The van der Waals surface area contributed by atoms with Gasteiger partial charge in [0.05, 0.1) is 6.61 Å². The Hall–Kier alpha value is -0.570. The highest BCUT2D eigenvalue weighted by Crippen LogP contribution is 1.98. The van der Waals surface area contributed by atoms with Gasteiger partial charge in [-0.1, -0.05) is 6.92 Å². The molecule has 0 saturated carbocycles. The molecule has 0 saturated heterocycles. The molecule has 0 aliphatic carbocycles. The normalized spacial score (nSPS) is 12.7. The van der Waals surface area contributed by atoms with Crippen LogP contribution in [0.2, 0.25) is 0 Å². The van der Waals surface area contributed by atoms with Crippen LogP contribution in [0, 0.1) is 0 Å². The number of hydrogen-bond donors (Lipinski definition) is 0. The van der Waals surface area contributed by atoms with Crippen molar-refractivity contribution in [3.63, 3.8) is 0 Å². The third-order valence-corrected chi connectivity index (χ3v) is 1.20. The van der Waals surface area contributed by atoms with Crippen molar-refractivity contribution in [3.05, 3.63) is 0 Å². The van der Waals surface area contributed by atoms with Gasteiger partial charge in [-0.05, 0) is 13.3 Å². The fourth-order valence-electron chi connectivity index (χ4n) is 0.665. The van der Waals surface area contributed by atoms with Crippen LogP contribution in [0.25, 0.3) is 0 Å². The van der Waals surface area contributed by atoms with Crippen LogP contribution in [0.4, 0.5) is 0 Å². The average molecular weight is 146 g/mol. The fourth-order valence-corrected chi connectivity index (χ4v) is 0.665. The fraction of sp³-hybridized carbons (Fsp3) is 0.857. The smallest absolute Gasteiger partial charge is 0.335 e. The summed E-state index contributed by atoms with van der Waals surface area (Å²) >= 11 is 0. The van der Waals surface area contributed by atoms with E-state index in [9.17, 15) is 4.79 Å². The molecular formula is C7H14O3. The minimum Gasteiger partial charge on any atom is -0.464 e. The lowest BCUT2D eigenvalue weighted by molar-refractivity contribution is -0.154. The summed E-state index contributed by atoms with van der Waals surface area (Å²) in [6, 6.07) is 0. The zero-order valence-electron chi connectivity index (χ0n) is 6.72. The molecule has 3 nitrogen and oxygen atoms in total. The molecule has 0 amide bonds. The quantitative estimate of drug-likeness (QED) is 0.554. The molecule has 0 N–H and O–H groups in total. The van der Waals surface area contributed by atoms with Crippen molar-refractivity contribution in [2.75, 3.05) is 13.7 Å². The van der Waals surface area contributed by atoms with Crippen molar-refractivity contribution in [2.45, 2.75) is 26.4 Å². The number of methoxy groups -OCH3 is 1. The maximum atomic E-state index is 10.9. The Balaban J connectivity index is 3.65. The summed E-state index contributed by atoms with van der Waals surface area (Å²) in [5, 5.41) is 0. The molecule has 0 aromatic rings. The maximum Gasteiger partial charge on any atom is 0.335 e. The summed E-state index contributed by atoms with van der Waals surface area (Å²) in [6.07, 6.45) is 0.273. The highest BCUT2D eigenvalue weighted by molar-refractivity contribution is 5.74. The molecule has 1 unspecified atom stereocenters. The minimum absolute atomic E-state index is 0.271. The van der Waals surface area contributed by atoms with E-state index in [0.29, 0.717) is 13.0 Å². The van der Waals surface area contributed by atoms with Gasteiger partial charge in [0, 0.05) is 7.11 Å². The number of hydrogen-bond acceptors (Lipinski definition) is 3. The molecule has 0 bridgehead atoms. The predicted molar refractivity (Wildman–Crippen MR) is 37.7 cm³/mol. The Morgan fingerprint density at radius 3 is 2.40 bits per heavy atom. The van der Waals surface area contributed by atoms with Crippen LogP contribution in [0.3, 0.4) is 0 Å². The first-order valence-corrected chi connectivity index (χ1v) is 3.45. The van der Waals surface area contributed by atoms with Crippen molar-refractivity contribution in [3.8, 4) is 0 Å². The number of ether oxygens (including phenoxy) is 2. The lowest BCUT2D eigenvalue weighted by Gasteiger charge is -2.10. The van der Waals surface area contributed by atoms with Gasteiger partial charge in [0.2, 0.25) is 0 Å². The van der Waals surface area contributed by atoms with E-state index in [0.717, 1.165) is 0 Å². The second-order valence-corrected chi connectivity index (χ2v) is 1.88. The topological polar surface area (TPSA) is 35.5 Å². The third kappa shape index (κ3) is 2.82. The largest absolute Gasteiger partial charge is 0.464 e. The second-order valence-electron chi connectivity index (χ2n) is 1.88. The molecule has 3 heteroatoms. The van der Waals surface area contributed by atoms with Crippen LogP contribution in [0.5, 0.6) is 0 Å². The first-order chi connectivity index (χ1) is 4.76. The van der Waals surface area contributed by atoms with Crippen molar-refractivity contribution in [1.29, 1.82) is 0 Å². The predicted octanol–water partition coefficient (Wildman–Crippen LogP) is 0.974. The molecule has 0 fully saturated rings. The number of esters is 1. The molecule has 0 spiro atoms. The van der Waals surface area contributed by atoms with Crippen LogP contribution < -0.4 is 0 Å². The molecule has 0 radical (unpaired) electrons. The van der Waals surface area contributed by atoms with Crippen molar-refractivity contribution < 1.29 is 14.3 Å². The highest BCUT2D eigenvalue weighted by atomic mass is 16.6. The van der Waals surface area contributed by atoms with E-state index in [4.69, 9.17) is 9.47 Å². The van der Waals surface area contributed by atoms with Gasteiger partial charge in [0.15, 0.2) is 6.10 Å². The van der Waals surface area contributed by atoms with Crippen molar-refractivity contribution in [1.82, 2.24) is 0 Å². The van der Waals surface area contributed by atoms with Crippen LogP contribution >= 0.6 is 0 Å². The molecule has 10 heavy (non-hydrogen) atoms. The summed E-state index contributed by atoms with van der Waals surface area (Å²) in [6.45, 7) is 4.07. The third-order valence-electron chi connectivity index (χ3n) is 1.20. The maximum absolute atomic E-state index is 10.9. The lowest BCUT2D eigenvalue weighted by atomic mass is 10.3. The number of rotatable bonds is 4. The first-order valence-electron chi connectivity index (χ1n) is 3.45. The molecule has 1 atom stereocenters.